The molecule has 35 heavy (non-hydrogen) atoms. The first-order valence-electron chi connectivity index (χ1n) is 12.2. The van der Waals surface area contributed by atoms with Crippen molar-refractivity contribution in [2.45, 2.75) is 89.6 Å². The van der Waals surface area contributed by atoms with E-state index in [0.717, 1.165) is 18.9 Å². The number of carbonyl (C=O) groups is 1. The van der Waals surface area contributed by atoms with Gasteiger partial charge in [-0.05, 0) is 56.9 Å². The predicted octanol–water partition coefficient (Wildman–Crippen LogP) is 6.15. The van der Waals surface area contributed by atoms with Crippen molar-refractivity contribution in [1.82, 2.24) is 4.57 Å². The molecule has 1 aromatic carbocycles. The summed E-state index contributed by atoms with van der Waals surface area (Å²) in [5.41, 5.74) is 4.60. The lowest BCUT2D eigenvalue weighted by Crippen LogP contribution is -2.29. The summed E-state index contributed by atoms with van der Waals surface area (Å²) in [6.45, 7) is 1.75. The highest BCUT2D eigenvalue weighted by Crippen LogP contribution is 2.36. The molecule has 4 rings (SSSR count). The second-order valence-electron chi connectivity index (χ2n) is 9.65. The third kappa shape index (κ3) is 6.85. The van der Waals surface area contributed by atoms with Crippen molar-refractivity contribution in [3.05, 3.63) is 46.9 Å². The Morgan fingerprint density at radius 2 is 1.69 bits per heavy atom. The Morgan fingerprint density at radius 3 is 2.23 bits per heavy atom. The molecular formula is C26H34F4N2O3. The molecule has 0 spiro atoms. The monoisotopic (exact) mass is 498 g/mol. The maximum atomic E-state index is 14.4. The first kappa shape index (κ1) is 27.2. The van der Waals surface area contributed by atoms with Crippen LogP contribution in [0.4, 0.5) is 17.6 Å². The van der Waals surface area contributed by atoms with E-state index in [9.17, 15) is 32.6 Å². The summed E-state index contributed by atoms with van der Waals surface area (Å²) in [6.07, 6.45) is 4.55. The van der Waals surface area contributed by atoms with E-state index in [2.05, 4.69) is 0 Å². The molecule has 0 saturated heterocycles. The number of alkyl halides is 3. The van der Waals surface area contributed by atoms with Crippen LogP contribution in [-0.4, -0.2) is 32.9 Å². The van der Waals surface area contributed by atoms with Gasteiger partial charge in [-0.3, -0.25) is 0 Å². The van der Waals surface area contributed by atoms with E-state index in [1.807, 2.05) is 0 Å². The number of hydrogen-bond donors (Lipinski definition) is 3. The fourth-order valence-corrected chi connectivity index (χ4v) is 4.99. The summed E-state index contributed by atoms with van der Waals surface area (Å²) >= 11 is 0. The second kappa shape index (κ2) is 11.6. The minimum absolute atomic E-state index is 0.0660. The molecule has 0 bridgehead atoms. The van der Waals surface area contributed by atoms with Crippen molar-refractivity contribution in [3.8, 4) is 11.3 Å². The van der Waals surface area contributed by atoms with Crippen LogP contribution in [0.2, 0.25) is 0 Å². The van der Waals surface area contributed by atoms with Crippen LogP contribution in [0, 0.1) is 18.7 Å². The Morgan fingerprint density at radius 1 is 1.06 bits per heavy atom. The zero-order valence-corrected chi connectivity index (χ0v) is 20.0. The van der Waals surface area contributed by atoms with Crippen LogP contribution in [0.5, 0.6) is 0 Å². The number of aliphatic hydroxyl groups excluding tert-OH is 1. The highest BCUT2D eigenvalue weighted by Gasteiger charge is 2.32. The van der Waals surface area contributed by atoms with E-state index in [4.69, 9.17) is 5.73 Å². The molecule has 2 aliphatic rings. The number of nitrogens with two attached hydrogens (primary N) is 1. The Hall–Kier alpha value is -2.39. The first-order chi connectivity index (χ1) is 16.5. The van der Waals surface area contributed by atoms with Crippen LogP contribution in [0.1, 0.15) is 79.4 Å². The number of carboxylic acids is 1. The van der Waals surface area contributed by atoms with Gasteiger partial charge in [-0.25, -0.2) is 9.18 Å². The largest absolute Gasteiger partial charge is 0.478 e. The van der Waals surface area contributed by atoms with Crippen LogP contribution in [-0.2, 0) is 12.7 Å². The third-order valence-corrected chi connectivity index (χ3v) is 7.10. The van der Waals surface area contributed by atoms with Crippen molar-refractivity contribution in [3.63, 3.8) is 0 Å². The van der Waals surface area contributed by atoms with E-state index < -0.39 is 29.6 Å². The number of nitrogens with zero attached hydrogens (tertiary/aromatic N) is 1. The third-order valence-electron chi connectivity index (χ3n) is 7.10. The Kier molecular flexibility index (Phi) is 8.99. The van der Waals surface area contributed by atoms with Crippen molar-refractivity contribution >= 4 is 5.97 Å². The standard InChI is InChI=1S/C20H21F4NO3.C6H13N/c1-11-14(19(27)28)9-17(25(11)10-12-4-2-3-5-18(12)26)15-8-13(20(22,23)24)6-7-16(15)21;7-6-4-2-1-3-5-6/h6-9,12,18,26H,2-5,10H2,1H3,(H,27,28);6H,1-5,7H2. The molecule has 2 fully saturated rings. The fourth-order valence-electron chi connectivity index (χ4n) is 4.99. The van der Waals surface area contributed by atoms with Crippen molar-refractivity contribution < 1.29 is 32.6 Å². The smallest absolute Gasteiger partial charge is 0.416 e. The van der Waals surface area contributed by atoms with Crippen molar-refractivity contribution in [2.24, 2.45) is 11.7 Å². The molecule has 2 atom stereocenters. The number of benzene rings is 1. The first-order valence-corrected chi connectivity index (χ1v) is 12.2. The lowest BCUT2D eigenvalue weighted by molar-refractivity contribution is -0.137. The fraction of sp³-hybridized carbons (Fsp3) is 0.577. The maximum Gasteiger partial charge on any atom is 0.416 e. The summed E-state index contributed by atoms with van der Waals surface area (Å²) in [5, 5.41) is 19.7. The van der Waals surface area contributed by atoms with Crippen LogP contribution in [0.15, 0.2) is 24.3 Å². The number of hydrogen-bond acceptors (Lipinski definition) is 3. The van der Waals surface area contributed by atoms with Gasteiger partial charge in [0.1, 0.15) is 5.82 Å². The van der Waals surface area contributed by atoms with Gasteiger partial charge in [0.25, 0.3) is 0 Å². The van der Waals surface area contributed by atoms with Crippen molar-refractivity contribution in [1.29, 1.82) is 0 Å². The Bertz CT molecular complexity index is 1010. The van der Waals surface area contributed by atoms with Gasteiger partial charge in [-0.15, -0.1) is 0 Å². The molecule has 4 N–H and O–H groups in total. The maximum absolute atomic E-state index is 14.4. The van der Waals surface area contributed by atoms with E-state index in [-0.39, 0.29) is 29.3 Å². The van der Waals surface area contributed by atoms with Gasteiger partial charge in [0, 0.05) is 29.8 Å². The lowest BCUT2D eigenvalue weighted by atomic mass is 9.86. The van der Waals surface area contributed by atoms with Gasteiger partial charge < -0.3 is 20.5 Å². The van der Waals surface area contributed by atoms with Gasteiger partial charge in [-0.2, -0.15) is 13.2 Å². The zero-order valence-electron chi connectivity index (χ0n) is 20.0. The molecule has 2 saturated carbocycles. The molecule has 0 radical (unpaired) electrons. The molecule has 1 aromatic heterocycles. The molecular weight excluding hydrogens is 464 g/mol. The van der Waals surface area contributed by atoms with Crippen LogP contribution in [0.25, 0.3) is 11.3 Å². The zero-order chi connectivity index (χ0) is 25.8. The molecule has 5 nitrogen and oxygen atoms in total. The lowest BCUT2D eigenvalue weighted by Gasteiger charge is -2.29. The summed E-state index contributed by atoms with van der Waals surface area (Å²) < 4.78 is 55.2. The Labute approximate surface area is 202 Å². The summed E-state index contributed by atoms with van der Waals surface area (Å²) in [4.78, 5) is 11.5. The quantitative estimate of drug-likeness (QED) is 0.441. The molecule has 0 aliphatic heterocycles. The van der Waals surface area contributed by atoms with Gasteiger partial charge in [0.05, 0.1) is 22.9 Å². The van der Waals surface area contributed by atoms with E-state index in [1.165, 1.54) is 49.7 Å². The van der Waals surface area contributed by atoms with Crippen LogP contribution < -0.4 is 5.73 Å². The summed E-state index contributed by atoms with van der Waals surface area (Å²) in [6, 6.07) is 3.83. The molecule has 9 heteroatoms. The average molecular weight is 499 g/mol. The normalized spacial score (nSPS) is 21.3. The minimum atomic E-state index is -4.65. The van der Waals surface area contributed by atoms with Gasteiger partial charge >= 0.3 is 12.1 Å². The highest BCUT2D eigenvalue weighted by molar-refractivity contribution is 5.91. The van der Waals surface area contributed by atoms with Gasteiger partial charge in [0.2, 0.25) is 0 Å². The topological polar surface area (TPSA) is 88.5 Å². The Balaban J connectivity index is 0.000000420. The summed E-state index contributed by atoms with van der Waals surface area (Å²) in [7, 11) is 0. The number of aliphatic hydroxyl groups is 1. The number of aromatic nitrogens is 1. The molecule has 1 heterocycles. The van der Waals surface area contributed by atoms with E-state index in [0.29, 0.717) is 36.7 Å². The van der Waals surface area contributed by atoms with Crippen molar-refractivity contribution in [2.75, 3.05) is 0 Å². The molecule has 2 aromatic rings. The number of carboxylic acid groups (broad SMARTS) is 1. The van der Waals surface area contributed by atoms with E-state index >= 15 is 0 Å². The molecule has 2 aliphatic carbocycles. The van der Waals surface area contributed by atoms with E-state index in [1.54, 1.807) is 0 Å². The minimum Gasteiger partial charge on any atom is -0.478 e. The van der Waals surface area contributed by atoms with Crippen LogP contribution >= 0.6 is 0 Å². The van der Waals surface area contributed by atoms with Crippen LogP contribution in [0.3, 0.4) is 0 Å². The second-order valence-corrected chi connectivity index (χ2v) is 9.65. The SMILES string of the molecule is Cc1c(C(=O)O)cc(-c2cc(C(F)(F)F)ccc2F)n1CC1CCCCC1O.NC1CCCCC1. The molecule has 194 valence electrons. The predicted molar refractivity (Wildman–Crippen MR) is 126 cm³/mol. The molecule has 0 amide bonds. The number of halogens is 4. The highest BCUT2D eigenvalue weighted by atomic mass is 19.4. The number of aromatic carboxylic acids is 1. The summed E-state index contributed by atoms with van der Waals surface area (Å²) in [5.74, 6) is -2.28. The molecule has 2 unspecified atom stereocenters. The average Bonchev–Trinajstić information content (AvgIpc) is 3.12. The van der Waals surface area contributed by atoms with Gasteiger partial charge in [-0.1, -0.05) is 32.1 Å². The van der Waals surface area contributed by atoms with Gasteiger partial charge in [0.15, 0.2) is 0 Å². The number of rotatable bonds is 4.